The Kier molecular flexibility index (Phi) is 4.47. The molecule has 1 aliphatic heterocycles. The van der Waals surface area contributed by atoms with Gasteiger partial charge in [0.05, 0.1) is 13.2 Å². The van der Waals surface area contributed by atoms with Crippen molar-refractivity contribution in [3.05, 3.63) is 35.6 Å². The van der Waals surface area contributed by atoms with E-state index in [9.17, 15) is 14.3 Å². The van der Waals surface area contributed by atoms with Gasteiger partial charge in [-0.3, -0.25) is 9.69 Å². The summed E-state index contributed by atoms with van der Waals surface area (Å²) in [6.07, 6.45) is -1.39. The van der Waals surface area contributed by atoms with Gasteiger partial charge in [0.15, 0.2) is 0 Å². The molecule has 0 bridgehead atoms. The van der Waals surface area contributed by atoms with Gasteiger partial charge in [-0.2, -0.15) is 0 Å². The summed E-state index contributed by atoms with van der Waals surface area (Å²) < 4.78 is 18.3. The van der Waals surface area contributed by atoms with Crippen LogP contribution in [0.1, 0.15) is 11.7 Å². The summed E-state index contributed by atoms with van der Waals surface area (Å²) in [6, 6.07) is 5.55. The summed E-state index contributed by atoms with van der Waals surface area (Å²) >= 11 is 0. The zero-order chi connectivity index (χ0) is 13.8. The van der Waals surface area contributed by atoms with E-state index >= 15 is 0 Å². The van der Waals surface area contributed by atoms with E-state index in [0.29, 0.717) is 25.3 Å². The van der Waals surface area contributed by atoms with E-state index in [2.05, 4.69) is 0 Å². The maximum absolute atomic E-state index is 12.8. The predicted molar refractivity (Wildman–Crippen MR) is 65.2 cm³/mol. The lowest BCUT2D eigenvalue weighted by molar-refractivity contribution is -0.142. The molecule has 0 aliphatic carbocycles. The number of morpholine rings is 1. The molecule has 104 valence electrons. The number of nitrogens with zero attached hydrogens (tertiary/aromatic N) is 1. The molecule has 0 amide bonds. The van der Waals surface area contributed by atoms with Crippen molar-refractivity contribution in [2.45, 2.75) is 12.2 Å². The van der Waals surface area contributed by atoms with E-state index in [1.807, 2.05) is 0 Å². The van der Waals surface area contributed by atoms with Crippen molar-refractivity contribution in [1.29, 1.82) is 0 Å². The zero-order valence-electron chi connectivity index (χ0n) is 10.3. The lowest BCUT2D eigenvalue weighted by Gasteiger charge is -2.34. The van der Waals surface area contributed by atoms with Gasteiger partial charge in [-0.1, -0.05) is 12.1 Å². The average Bonchev–Trinajstić information content (AvgIpc) is 2.38. The van der Waals surface area contributed by atoms with Crippen LogP contribution < -0.4 is 0 Å². The van der Waals surface area contributed by atoms with Crippen molar-refractivity contribution in [3.63, 3.8) is 0 Å². The van der Waals surface area contributed by atoms with Crippen LogP contribution in [0.2, 0.25) is 0 Å². The molecular formula is C13H16FNO4. The van der Waals surface area contributed by atoms with E-state index in [-0.39, 0.29) is 12.4 Å². The highest BCUT2D eigenvalue weighted by Crippen LogP contribution is 2.22. The number of aliphatic carboxylic acids is 1. The minimum atomic E-state index is -0.906. The van der Waals surface area contributed by atoms with Crippen LogP contribution in [0.5, 0.6) is 0 Å². The van der Waals surface area contributed by atoms with Crippen LogP contribution in [0.4, 0.5) is 4.39 Å². The smallest absolute Gasteiger partial charge is 0.317 e. The second kappa shape index (κ2) is 6.10. The molecule has 1 fully saturated rings. The Morgan fingerprint density at radius 1 is 1.47 bits per heavy atom. The first kappa shape index (κ1) is 13.9. The molecule has 0 spiro atoms. The van der Waals surface area contributed by atoms with Crippen molar-refractivity contribution < 1.29 is 24.1 Å². The van der Waals surface area contributed by atoms with E-state index < -0.39 is 18.2 Å². The quantitative estimate of drug-likeness (QED) is 0.839. The molecule has 2 N–H and O–H groups in total. The van der Waals surface area contributed by atoms with Crippen molar-refractivity contribution in [3.8, 4) is 0 Å². The van der Waals surface area contributed by atoms with Crippen LogP contribution >= 0.6 is 0 Å². The summed E-state index contributed by atoms with van der Waals surface area (Å²) in [6.45, 7) is 1.16. The molecular weight excluding hydrogens is 253 g/mol. The average molecular weight is 269 g/mol. The number of aliphatic hydroxyl groups is 1. The number of carboxylic acids is 1. The molecule has 19 heavy (non-hydrogen) atoms. The minimum Gasteiger partial charge on any atom is -0.480 e. The van der Waals surface area contributed by atoms with Crippen LogP contribution in [0, 0.1) is 5.82 Å². The molecule has 5 nitrogen and oxygen atoms in total. The molecule has 0 radical (unpaired) electrons. The van der Waals surface area contributed by atoms with Crippen molar-refractivity contribution in [1.82, 2.24) is 4.90 Å². The molecule has 2 rings (SSSR count). The normalized spacial score (nSPS) is 22.1. The largest absolute Gasteiger partial charge is 0.480 e. The molecule has 1 aromatic rings. The van der Waals surface area contributed by atoms with Crippen molar-refractivity contribution in [2.75, 3.05) is 26.2 Å². The minimum absolute atomic E-state index is 0.0734. The fourth-order valence-corrected chi connectivity index (χ4v) is 2.13. The Morgan fingerprint density at radius 2 is 2.16 bits per heavy atom. The molecule has 2 atom stereocenters. The van der Waals surface area contributed by atoms with Crippen LogP contribution in [-0.2, 0) is 9.53 Å². The van der Waals surface area contributed by atoms with Gasteiger partial charge in [-0.25, -0.2) is 4.39 Å². The predicted octanol–water partition coefficient (Wildman–Crippen LogP) is 0.644. The Balaban J connectivity index is 2.00. The number of halogens is 1. The lowest BCUT2D eigenvalue weighted by atomic mass is 10.0. The van der Waals surface area contributed by atoms with Crippen molar-refractivity contribution in [2.24, 2.45) is 0 Å². The van der Waals surface area contributed by atoms with Gasteiger partial charge in [0, 0.05) is 13.1 Å². The second-order valence-electron chi connectivity index (χ2n) is 4.53. The molecule has 0 saturated carbocycles. The first-order valence-corrected chi connectivity index (χ1v) is 6.05. The number of ether oxygens (including phenoxy) is 1. The van der Waals surface area contributed by atoms with Crippen LogP contribution in [0.15, 0.2) is 24.3 Å². The standard InChI is InChI=1S/C13H16FNO4/c14-10-3-1-9(2-4-10)13(18)11-7-15(5-6-19-11)8-12(16)17/h1-4,11,13,18H,5-8H2,(H,16,17)/t11-,13+/m0/s1. The molecule has 6 heteroatoms. The van der Waals surface area contributed by atoms with Crippen LogP contribution in [-0.4, -0.2) is 53.4 Å². The Hall–Kier alpha value is -1.50. The molecule has 1 aliphatic rings. The summed E-state index contributed by atoms with van der Waals surface area (Å²) in [5.74, 6) is -1.27. The number of rotatable bonds is 4. The number of hydrogen-bond donors (Lipinski definition) is 2. The Morgan fingerprint density at radius 3 is 2.79 bits per heavy atom. The van der Waals surface area contributed by atoms with Gasteiger partial charge in [0.2, 0.25) is 0 Å². The van der Waals surface area contributed by atoms with Crippen LogP contribution in [0.25, 0.3) is 0 Å². The summed E-state index contributed by atoms with van der Waals surface area (Å²) in [5, 5.41) is 18.9. The number of hydrogen-bond acceptors (Lipinski definition) is 4. The molecule has 0 unspecified atom stereocenters. The monoisotopic (exact) mass is 269 g/mol. The number of benzene rings is 1. The summed E-state index contributed by atoms with van der Waals surface area (Å²) in [7, 11) is 0. The van der Waals surface area contributed by atoms with E-state index in [1.54, 1.807) is 4.90 Å². The molecule has 1 aromatic carbocycles. The van der Waals surface area contributed by atoms with Gasteiger partial charge >= 0.3 is 5.97 Å². The Bertz CT molecular complexity index is 437. The Labute approximate surface area is 110 Å². The fraction of sp³-hybridized carbons (Fsp3) is 0.462. The van der Waals surface area contributed by atoms with E-state index in [4.69, 9.17) is 9.84 Å². The van der Waals surface area contributed by atoms with Crippen LogP contribution in [0.3, 0.4) is 0 Å². The highest BCUT2D eigenvalue weighted by molar-refractivity contribution is 5.69. The number of aliphatic hydroxyl groups excluding tert-OH is 1. The van der Waals surface area contributed by atoms with E-state index in [0.717, 1.165) is 0 Å². The lowest BCUT2D eigenvalue weighted by Crippen LogP contribution is -2.46. The highest BCUT2D eigenvalue weighted by Gasteiger charge is 2.28. The fourth-order valence-electron chi connectivity index (χ4n) is 2.13. The SMILES string of the molecule is O=C(O)CN1CCO[C@H]([C@H](O)c2ccc(F)cc2)C1. The highest BCUT2D eigenvalue weighted by atomic mass is 19.1. The summed E-state index contributed by atoms with van der Waals surface area (Å²) in [4.78, 5) is 12.4. The second-order valence-corrected chi connectivity index (χ2v) is 4.53. The third kappa shape index (κ3) is 3.73. The zero-order valence-corrected chi connectivity index (χ0v) is 10.3. The van der Waals surface area contributed by atoms with Crippen molar-refractivity contribution >= 4 is 5.97 Å². The first-order valence-electron chi connectivity index (χ1n) is 6.05. The summed E-state index contributed by atoms with van der Waals surface area (Å²) in [5.41, 5.74) is 0.559. The number of carboxylic acid groups (broad SMARTS) is 1. The third-order valence-electron chi connectivity index (χ3n) is 3.10. The third-order valence-corrected chi connectivity index (χ3v) is 3.10. The van der Waals surface area contributed by atoms with Gasteiger partial charge < -0.3 is 14.9 Å². The van der Waals surface area contributed by atoms with Gasteiger partial charge in [-0.05, 0) is 17.7 Å². The maximum Gasteiger partial charge on any atom is 0.317 e. The molecule has 0 aromatic heterocycles. The van der Waals surface area contributed by atoms with Gasteiger partial charge in [0.25, 0.3) is 0 Å². The topological polar surface area (TPSA) is 70.0 Å². The van der Waals surface area contributed by atoms with Gasteiger partial charge in [0.1, 0.15) is 18.0 Å². The molecule has 1 heterocycles. The molecule has 1 saturated heterocycles. The maximum atomic E-state index is 12.8. The van der Waals surface area contributed by atoms with E-state index in [1.165, 1.54) is 24.3 Å². The van der Waals surface area contributed by atoms with Gasteiger partial charge in [-0.15, -0.1) is 0 Å². The first-order chi connectivity index (χ1) is 9.06. The number of carbonyl (C=O) groups is 1.